The molecule has 0 radical (unpaired) electrons. The van der Waals surface area contributed by atoms with Crippen molar-refractivity contribution in [2.75, 3.05) is 18.1 Å². The number of hydrogen-bond donors (Lipinski definition) is 2. The third-order valence-electron chi connectivity index (χ3n) is 6.22. The van der Waals surface area contributed by atoms with Crippen molar-refractivity contribution in [3.05, 3.63) is 82.9 Å². The number of amides is 1. The van der Waals surface area contributed by atoms with Crippen LogP contribution in [0.25, 0.3) is 16.0 Å². The Hall–Kier alpha value is -4.37. The minimum Gasteiger partial charge on any atom is -0.507 e. The van der Waals surface area contributed by atoms with Crippen LogP contribution >= 0.6 is 11.3 Å². The van der Waals surface area contributed by atoms with Gasteiger partial charge in [0.2, 0.25) is 0 Å². The second kappa shape index (κ2) is 10.2. The molecule has 5 rings (SSSR count). The molecule has 38 heavy (non-hydrogen) atoms. The fourth-order valence-electron chi connectivity index (χ4n) is 4.47. The molecule has 194 valence electrons. The van der Waals surface area contributed by atoms with Crippen molar-refractivity contribution in [2.45, 2.75) is 26.8 Å². The van der Waals surface area contributed by atoms with E-state index in [1.807, 2.05) is 32.0 Å². The van der Waals surface area contributed by atoms with Gasteiger partial charge < -0.3 is 19.7 Å². The third-order valence-corrected chi connectivity index (χ3v) is 7.24. The van der Waals surface area contributed by atoms with E-state index in [1.165, 1.54) is 22.3 Å². The van der Waals surface area contributed by atoms with Crippen LogP contribution in [0.2, 0.25) is 0 Å². The Balaban J connectivity index is 1.70. The quantitative estimate of drug-likeness (QED) is 0.178. The number of ether oxygens (including phenoxy) is 2. The van der Waals surface area contributed by atoms with Crippen LogP contribution in [0.1, 0.15) is 36.6 Å². The normalized spacial score (nSPS) is 16.8. The van der Waals surface area contributed by atoms with Crippen molar-refractivity contribution in [1.29, 1.82) is 0 Å². The molecule has 3 aromatic carbocycles. The number of Topliss-reactive ketones (excluding diaryl/α,β-unsaturated/α-hetero) is 1. The maximum atomic E-state index is 13.5. The van der Waals surface area contributed by atoms with Gasteiger partial charge in [-0.2, -0.15) is 0 Å². The summed E-state index contributed by atoms with van der Waals surface area (Å²) >= 11 is 1.29. The van der Waals surface area contributed by atoms with Gasteiger partial charge in [0, 0.05) is 5.56 Å². The van der Waals surface area contributed by atoms with E-state index in [0.29, 0.717) is 40.7 Å². The first-order valence-corrected chi connectivity index (χ1v) is 13.0. The number of aryl methyl sites for hydroxylation is 1. The molecule has 1 unspecified atom stereocenters. The lowest BCUT2D eigenvalue weighted by molar-refractivity contribution is -0.132. The van der Waals surface area contributed by atoms with Gasteiger partial charge in [-0.25, -0.2) is 4.98 Å². The summed E-state index contributed by atoms with van der Waals surface area (Å²) in [4.78, 5) is 32.9. The van der Waals surface area contributed by atoms with Gasteiger partial charge in [0.15, 0.2) is 16.6 Å². The highest BCUT2D eigenvalue weighted by atomic mass is 32.1. The number of ketones is 1. The topological polar surface area (TPSA) is 109 Å². The average molecular weight is 531 g/mol. The molecule has 9 heteroatoms. The van der Waals surface area contributed by atoms with Gasteiger partial charge in [0.05, 0.1) is 35.0 Å². The fraction of sp³-hybridized carbons (Fsp3) is 0.207. The van der Waals surface area contributed by atoms with E-state index in [2.05, 4.69) is 4.98 Å². The van der Waals surface area contributed by atoms with E-state index in [4.69, 9.17) is 9.47 Å². The summed E-state index contributed by atoms with van der Waals surface area (Å²) < 4.78 is 11.9. The van der Waals surface area contributed by atoms with Gasteiger partial charge >= 0.3 is 5.91 Å². The number of benzene rings is 3. The Labute approximate surface area is 223 Å². The summed E-state index contributed by atoms with van der Waals surface area (Å²) in [5, 5.41) is 22.0. The molecule has 1 aliphatic heterocycles. The van der Waals surface area contributed by atoms with Crippen LogP contribution in [0.15, 0.2) is 66.2 Å². The molecular weight excluding hydrogens is 504 g/mol. The van der Waals surface area contributed by atoms with Crippen molar-refractivity contribution in [3.63, 3.8) is 0 Å². The number of aliphatic hydroxyl groups is 1. The highest BCUT2D eigenvalue weighted by molar-refractivity contribution is 7.22. The number of hydrogen-bond acceptors (Lipinski definition) is 8. The summed E-state index contributed by atoms with van der Waals surface area (Å²) in [7, 11) is 0. The SMILES string of the molecule is CCOc1ccc(C(O)=C2C(=O)C(=O)N(c3nc4ccc(C)cc4s3)C2c2ccc(O)c(OCC)c2)cc1. The lowest BCUT2D eigenvalue weighted by atomic mass is 9.95. The highest BCUT2D eigenvalue weighted by Gasteiger charge is 2.48. The van der Waals surface area contributed by atoms with Gasteiger partial charge in [0.1, 0.15) is 11.5 Å². The van der Waals surface area contributed by atoms with Crippen LogP contribution in [0, 0.1) is 6.92 Å². The number of nitrogens with zero attached hydrogens (tertiary/aromatic N) is 2. The highest BCUT2D eigenvalue weighted by Crippen LogP contribution is 2.45. The Morgan fingerprint density at radius 2 is 1.74 bits per heavy atom. The first-order valence-electron chi connectivity index (χ1n) is 12.2. The van der Waals surface area contributed by atoms with Crippen molar-refractivity contribution < 1.29 is 29.3 Å². The Kier molecular flexibility index (Phi) is 6.77. The summed E-state index contributed by atoms with van der Waals surface area (Å²) in [5.41, 5.74) is 2.50. The van der Waals surface area contributed by atoms with E-state index in [9.17, 15) is 19.8 Å². The largest absolute Gasteiger partial charge is 0.507 e. The zero-order chi connectivity index (χ0) is 27.0. The van der Waals surface area contributed by atoms with E-state index in [0.717, 1.165) is 10.3 Å². The van der Waals surface area contributed by atoms with Gasteiger partial charge in [-0.05, 0) is 80.4 Å². The molecule has 2 N–H and O–H groups in total. The van der Waals surface area contributed by atoms with Crippen molar-refractivity contribution in [1.82, 2.24) is 4.98 Å². The molecule has 0 saturated carbocycles. The van der Waals surface area contributed by atoms with Crippen LogP contribution in [-0.4, -0.2) is 40.1 Å². The molecule has 1 fully saturated rings. The molecule has 0 spiro atoms. The minimum absolute atomic E-state index is 0.0745. The molecular formula is C29H26N2O6S. The number of carbonyl (C=O) groups is 2. The number of thiazole rings is 1. The maximum absolute atomic E-state index is 13.5. The summed E-state index contributed by atoms with van der Waals surface area (Å²) in [5.74, 6) is -1.20. The molecule has 1 saturated heterocycles. The molecule has 0 bridgehead atoms. The van der Waals surface area contributed by atoms with Crippen LogP contribution in [0.5, 0.6) is 17.2 Å². The Morgan fingerprint density at radius 3 is 2.45 bits per heavy atom. The first-order chi connectivity index (χ1) is 18.3. The predicted octanol–water partition coefficient (Wildman–Crippen LogP) is 5.73. The molecule has 1 aromatic heterocycles. The van der Waals surface area contributed by atoms with Crippen LogP contribution in [-0.2, 0) is 9.59 Å². The second-order valence-electron chi connectivity index (χ2n) is 8.75. The number of phenolic OH excluding ortho intramolecular Hbond substituents is 1. The number of carbonyl (C=O) groups excluding carboxylic acids is 2. The number of aromatic nitrogens is 1. The lowest BCUT2D eigenvalue weighted by Gasteiger charge is -2.23. The van der Waals surface area contributed by atoms with Crippen LogP contribution in [0.4, 0.5) is 5.13 Å². The number of phenols is 1. The molecule has 2 heterocycles. The monoisotopic (exact) mass is 530 g/mol. The fourth-order valence-corrected chi connectivity index (χ4v) is 5.56. The summed E-state index contributed by atoms with van der Waals surface area (Å²) in [6, 6.07) is 16.0. The smallest absolute Gasteiger partial charge is 0.301 e. The number of aliphatic hydroxyl groups excluding tert-OH is 1. The summed E-state index contributed by atoms with van der Waals surface area (Å²) in [6.45, 7) is 6.41. The third kappa shape index (κ3) is 4.45. The Bertz CT molecular complexity index is 1570. The van der Waals surface area contributed by atoms with Crippen molar-refractivity contribution >= 4 is 44.1 Å². The minimum atomic E-state index is -0.997. The van der Waals surface area contributed by atoms with Crippen molar-refractivity contribution in [3.8, 4) is 17.2 Å². The first kappa shape index (κ1) is 25.3. The molecule has 8 nitrogen and oxygen atoms in total. The number of rotatable bonds is 7. The van der Waals surface area contributed by atoms with Gasteiger partial charge in [-0.1, -0.05) is 23.5 Å². The number of fused-ring (bicyclic) bond motifs is 1. The zero-order valence-electron chi connectivity index (χ0n) is 21.1. The molecule has 4 aromatic rings. The lowest BCUT2D eigenvalue weighted by Crippen LogP contribution is -2.29. The van der Waals surface area contributed by atoms with E-state index in [-0.39, 0.29) is 22.8 Å². The standard InChI is InChI=1S/C29H26N2O6S/c1-4-36-19-10-7-17(8-11-19)26(33)24-25(18-9-13-21(32)22(15-18)37-5-2)31(28(35)27(24)34)29-30-20-12-6-16(3)14-23(20)38-29/h6-15,25,32-33H,4-5H2,1-3H3. The van der Waals surface area contributed by atoms with Crippen LogP contribution in [0.3, 0.4) is 0 Å². The zero-order valence-corrected chi connectivity index (χ0v) is 21.9. The number of anilines is 1. The van der Waals surface area contributed by atoms with Crippen LogP contribution < -0.4 is 14.4 Å². The van der Waals surface area contributed by atoms with E-state index >= 15 is 0 Å². The van der Waals surface area contributed by atoms with E-state index < -0.39 is 17.7 Å². The number of aromatic hydroxyl groups is 1. The van der Waals surface area contributed by atoms with Gasteiger partial charge in [0.25, 0.3) is 5.78 Å². The summed E-state index contributed by atoms with van der Waals surface area (Å²) in [6.07, 6.45) is 0. The Morgan fingerprint density at radius 1 is 1.00 bits per heavy atom. The van der Waals surface area contributed by atoms with Gasteiger partial charge in [-0.3, -0.25) is 14.5 Å². The van der Waals surface area contributed by atoms with Gasteiger partial charge in [-0.15, -0.1) is 0 Å². The molecule has 1 amide bonds. The molecule has 0 aliphatic carbocycles. The van der Waals surface area contributed by atoms with E-state index in [1.54, 1.807) is 43.3 Å². The van der Waals surface area contributed by atoms with Crippen molar-refractivity contribution in [2.24, 2.45) is 0 Å². The molecule has 1 atom stereocenters. The average Bonchev–Trinajstić information content (AvgIpc) is 3.43. The molecule has 1 aliphatic rings. The second-order valence-corrected chi connectivity index (χ2v) is 9.76. The maximum Gasteiger partial charge on any atom is 0.301 e. The predicted molar refractivity (Wildman–Crippen MR) is 146 cm³/mol.